The molecule has 16 heavy (non-hydrogen) atoms. The van der Waals surface area contributed by atoms with Crippen molar-refractivity contribution in [1.29, 1.82) is 0 Å². The van der Waals surface area contributed by atoms with Crippen molar-refractivity contribution < 1.29 is 0 Å². The van der Waals surface area contributed by atoms with Gasteiger partial charge in [-0.05, 0) is 32.8 Å². The lowest BCUT2D eigenvalue weighted by atomic mass is 9.74. The van der Waals surface area contributed by atoms with Crippen LogP contribution in [0.15, 0.2) is 12.3 Å². The minimum atomic E-state index is 0.468. The van der Waals surface area contributed by atoms with Crippen LogP contribution in [0.1, 0.15) is 45.3 Å². The highest BCUT2D eigenvalue weighted by Gasteiger charge is 2.36. The minimum absolute atomic E-state index is 0.468. The summed E-state index contributed by atoms with van der Waals surface area (Å²) in [7, 11) is 0. The van der Waals surface area contributed by atoms with Crippen LogP contribution in [-0.2, 0) is 6.42 Å². The Morgan fingerprint density at radius 3 is 2.69 bits per heavy atom. The van der Waals surface area contributed by atoms with E-state index in [-0.39, 0.29) is 0 Å². The molecule has 0 aromatic carbocycles. The molecule has 2 heterocycles. The quantitative estimate of drug-likeness (QED) is 0.827. The molecule has 2 rings (SSSR count). The summed E-state index contributed by atoms with van der Waals surface area (Å²) in [5.74, 6) is 0. The Bertz CT molecular complexity index is 337. The van der Waals surface area contributed by atoms with Crippen molar-refractivity contribution >= 4 is 0 Å². The van der Waals surface area contributed by atoms with Gasteiger partial charge >= 0.3 is 0 Å². The first kappa shape index (κ1) is 11.6. The summed E-state index contributed by atoms with van der Waals surface area (Å²) in [6.07, 6.45) is 5.82. The van der Waals surface area contributed by atoms with Gasteiger partial charge in [0.15, 0.2) is 0 Å². The first-order chi connectivity index (χ1) is 7.65. The lowest BCUT2D eigenvalue weighted by molar-refractivity contribution is 0.149. The Morgan fingerprint density at radius 1 is 1.50 bits per heavy atom. The van der Waals surface area contributed by atoms with Crippen LogP contribution in [-0.4, -0.2) is 22.9 Å². The Balaban J connectivity index is 2.01. The van der Waals surface area contributed by atoms with Crippen molar-refractivity contribution in [2.45, 2.75) is 46.1 Å². The molecule has 3 heteroatoms. The minimum Gasteiger partial charge on any atom is -0.316 e. The van der Waals surface area contributed by atoms with Crippen LogP contribution in [0.3, 0.4) is 0 Å². The second kappa shape index (κ2) is 4.58. The van der Waals surface area contributed by atoms with Gasteiger partial charge in [-0.3, -0.25) is 4.68 Å². The summed E-state index contributed by atoms with van der Waals surface area (Å²) in [5, 5.41) is 8.05. The summed E-state index contributed by atoms with van der Waals surface area (Å²) >= 11 is 0. The van der Waals surface area contributed by atoms with E-state index in [1.807, 2.05) is 0 Å². The fraction of sp³-hybridized carbons (Fsp3) is 0.769. The molecule has 0 radical (unpaired) electrons. The molecule has 0 saturated carbocycles. The zero-order chi connectivity index (χ0) is 11.6. The van der Waals surface area contributed by atoms with Crippen molar-refractivity contribution in [1.82, 2.24) is 15.1 Å². The molecule has 0 aliphatic carbocycles. The average Bonchev–Trinajstić information content (AvgIpc) is 2.63. The smallest absolute Gasteiger partial charge is 0.0631 e. The molecule has 0 unspecified atom stereocenters. The van der Waals surface area contributed by atoms with Gasteiger partial charge in [-0.25, -0.2) is 0 Å². The predicted molar refractivity (Wildman–Crippen MR) is 66.5 cm³/mol. The van der Waals surface area contributed by atoms with Gasteiger partial charge in [0.05, 0.1) is 5.69 Å². The average molecular weight is 221 g/mol. The standard InChI is InChI=1S/C13H23N3/c1-4-6-13(9-14-10-13)8-12-5-7-16(15-12)11(2)3/h5,7,11,14H,4,6,8-10H2,1-3H3. The molecule has 1 saturated heterocycles. The van der Waals surface area contributed by atoms with Crippen molar-refractivity contribution in [3.05, 3.63) is 18.0 Å². The highest BCUT2D eigenvalue weighted by molar-refractivity contribution is 5.07. The van der Waals surface area contributed by atoms with E-state index in [2.05, 4.69) is 48.1 Å². The number of nitrogens with one attached hydrogen (secondary N) is 1. The molecular weight excluding hydrogens is 198 g/mol. The van der Waals surface area contributed by atoms with E-state index >= 15 is 0 Å². The van der Waals surface area contributed by atoms with E-state index in [0.29, 0.717) is 11.5 Å². The maximum absolute atomic E-state index is 4.65. The number of nitrogens with zero attached hydrogens (tertiary/aromatic N) is 2. The van der Waals surface area contributed by atoms with Gasteiger partial charge < -0.3 is 5.32 Å². The van der Waals surface area contributed by atoms with Gasteiger partial charge in [0.25, 0.3) is 0 Å². The normalized spacial score (nSPS) is 18.8. The lowest BCUT2D eigenvalue weighted by Crippen LogP contribution is -2.54. The molecule has 0 amide bonds. The summed E-state index contributed by atoms with van der Waals surface area (Å²) in [4.78, 5) is 0. The summed E-state index contributed by atoms with van der Waals surface area (Å²) in [6.45, 7) is 8.94. The van der Waals surface area contributed by atoms with Crippen molar-refractivity contribution in [2.75, 3.05) is 13.1 Å². The van der Waals surface area contributed by atoms with Gasteiger partial charge in [-0.2, -0.15) is 5.10 Å². The molecule has 1 aliphatic heterocycles. The third kappa shape index (κ3) is 2.29. The van der Waals surface area contributed by atoms with Gasteiger partial charge in [-0.1, -0.05) is 13.3 Å². The Labute approximate surface area is 98.2 Å². The van der Waals surface area contributed by atoms with E-state index in [0.717, 1.165) is 19.5 Å². The molecular formula is C13H23N3. The molecule has 1 aromatic rings. The van der Waals surface area contributed by atoms with Crippen LogP contribution in [0, 0.1) is 5.41 Å². The van der Waals surface area contributed by atoms with Crippen LogP contribution in [0.5, 0.6) is 0 Å². The molecule has 1 fully saturated rings. The van der Waals surface area contributed by atoms with Gasteiger partial charge in [-0.15, -0.1) is 0 Å². The molecule has 1 aromatic heterocycles. The third-order valence-corrected chi connectivity index (χ3v) is 3.53. The molecule has 3 nitrogen and oxygen atoms in total. The lowest BCUT2D eigenvalue weighted by Gasteiger charge is -2.42. The zero-order valence-electron chi connectivity index (χ0n) is 10.7. The van der Waals surface area contributed by atoms with Crippen LogP contribution >= 0.6 is 0 Å². The highest BCUT2D eigenvalue weighted by Crippen LogP contribution is 2.32. The van der Waals surface area contributed by atoms with Gasteiger partial charge in [0.1, 0.15) is 0 Å². The molecule has 1 aliphatic rings. The third-order valence-electron chi connectivity index (χ3n) is 3.53. The molecule has 0 spiro atoms. The van der Waals surface area contributed by atoms with Crippen molar-refractivity contribution in [3.63, 3.8) is 0 Å². The maximum atomic E-state index is 4.65. The molecule has 0 bridgehead atoms. The fourth-order valence-electron chi connectivity index (χ4n) is 2.54. The van der Waals surface area contributed by atoms with Crippen LogP contribution < -0.4 is 5.32 Å². The van der Waals surface area contributed by atoms with Crippen LogP contribution in [0.4, 0.5) is 0 Å². The first-order valence-corrected chi connectivity index (χ1v) is 6.40. The summed E-state index contributed by atoms with van der Waals surface area (Å²) in [6, 6.07) is 2.64. The van der Waals surface area contributed by atoms with Gasteiger partial charge in [0.2, 0.25) is 0 Å². The molecule has 90 valence electrons. The van der Waals surface area contributed by atoms with E-state index in [1.54, 1.807) is 0 Å². The first-order valence-electron chi connectivity index (χ1n) is 6.40. The fourth-order valence-corrected chi connectivity index (χ4v) is 2.54. The van der Waals surface area contributed by atoms with E-state index in [1.165, 1.54) is 18.5 Å². The summed E-state index contributed by atoms with van der Waals surface area (Å²) in [5.41, 5.74) is 1.74. The Morgan fingerprint density at radius 2 is 2.25 bits per heavy atom. The summed E-state index contributed by atoms with van der Waals surface area (Å²) < 4.78 is 2.06. The van der Waals surface area contributed by atoms with E-state index in [9.17, 15) is 0 Å². The van der Waals surface area contributed by atoms with E-state index in [4.69, 9.17) is 0 Å². The maximum Gasteiger partial charge on any atom is 0.0631 e. The van der Waals surface area contributed by atoms with Crippen molar-refractivity contribution in [2.24, 2.45) is 5.41 Å². The second-order valence-corrected chi connectivity index (χ2v) is 5.41. The van der Waals surface area contributed by atoms with Crippen molar-refractivity contribution in [3.8, 4) is 0 Å². The SMILES string of the molecule is CCCC1(Cc2ccn(C(C)C)n2)CNC1. The van der Waals surface area contributed by atoms with Gasteiger partial charge in [0, 0.05) is 30.7 Å². The monoisotopic (exact) mass is 221 g/mol. The zero-order valence-corrected chi connectivity index (χ0v) is 10.7. The molecule has 1 N–H and O–H groups in total. The number of rotatable bonds is 5. The number of hydrogen-bond acceptors (Lipinski definition) is 2. The van der Waals surface area contributed by atoms with Crippen LogP contribution in [0.25, 0.3) is 0 Å². The number of aromatic nitrogens is 2. The Hall–Kier alpha value is -0.830. The topological polar surface area (TPSA) is 29.9 Å². The second-order valence-electron chi connectivity index (χ2n) is 5.41. The molecule has 0 atom stereocenters. The largest absolute Gasteiger partial charge is 0.316 e. The van der Waals surface area contributed by atoms with Crippen LogP contribution in [0.2, 0.25) is 0 Å². The number of hydrogen-bond donors (Lipinski definition) is 1. The van der Waals surface area contributed by atoms with E-state index < -0.39 is 0 Å². The highest BCUT2D eigenvalue weighted by atomic mass is 15.3. The predicted octanol–water partition coefficient (Wildman–Crippen LogP) is 2.40. The Kier molecular flexibility index (Phi) is 3.33.